The molecule has 3 rings (SSSR count). The molecular weight excluding hydrogens is 356 g/mol. The summed E-state index contributed by atoms with van der Waals surface area (Å²) >= 11 is 8.01. The fraction of sp³-hybridized carbons (Fsp3) is 0.579. The first kappa shape index (κ1) is 18.6. The predicted octanol–water partition coefficient (Wildman–Crippen LogP) is 4.21. The molecule has 2 aliphatic heterocycles. The Morgan fingerprint density at radius 3 is 2.84 bits per heavy atom. The molecule has 4 nitrogen and oxygen atoms in total. The highest BCUT2D eigenvalue weighted by Gasteiger charge is 2.33. The largest absolute Gasteiger partial charge is 0.342 e. The van der Waals surface area contributed by atoms with Crippen LogP contribution >= 0.6 is 23.4 Å². The summed E-state index contributed by atoms with van der Waals surface area (Å²) in [7, 11) is 0. The van der Waals surface area contributed by atoms with E-state index in [-0.39, 0.29) is 17.7 Å². The number of halogens is 1. The molecular formula is C19H25ClN2O2S. The van der Waals surface area contributed by atoms with Gasteiger partial charge in [-0.2, -0.15) is 0 Å². The second kappa shape index (κ2) is 8.00. The number of nitrogens with zero attached hydrogens (tertiary/aromatic N) is 2. The normalized spacial score (nSPS) is 23.8. The highest BCUT2D eigenvalue weighted by molar-refractivity contribution is 8.00. The maximum absolute atomic E-state index is 13.3. The summed E-state index contributed by atoms with van der Waals surface area (Å²) in [6.45, 7) is 6.09. The van der Waals surface area contributed by atoms with Gasteiger partial charge in [-0.25, -0.2) is 0 Å². The van der Waals surface area contributed by atoms with Gasteiger partial charge in [0.15, 0.2) is 0 Å². The number of carbonyl (C=O) groups is 2. The first-order chi connectivity index (χ1) is 12.0. The van der Waals surface area contributed by atoms with Gasteiger partial charge in [0, 0.05) is 41.2 Å². The third kappa shape index (κ3) is 4.14. The van der Waals surface area contributed by atoms with E-state index in [1.165, 1.54) is 0 Å². The van der Waals surface area contributed by atoms with Crippen LogP contribution in [0.2, 0.25) is 5.02 Å². The Hall–Kier alpha value is -1.20. The number of likely N-dealkylation sites (tertiary alicyclic amines) is 1. The lowest BCUT2D eigenvalue weighted by molar-refractivity contribution is -0.134. The number of hydrogen-bond acceptors (Lipinski definition) is 3. The Bertz CT molecular complexity index is 667. The lowest BCUT2D eigenvalue weighted by Crippen LogP contribution is -2.47. The molecule has 1 saturated heterocycles. The summed E-state index contributed by atoms with van der Waals surface area (Å²) in [4.78, 5) is 30.2. The summed E-state index contributed by atoms with van der Waals surface area (Å²) in [6.07, 6.45) is 3.19. The summed E-state index contributed by atoms with van der Waals surface area (Å²) in [5.74, 6) is 0.155. The number of hydrogen-bond donors (Lipinski definition) is 0. The van der Waals surface area contributed by atoms with Crippen molar-refractivity contribution in [1.82, 2.24) is 4.90 Å². The summed E-state index contributed by atoms with van der Waals surface area (Å²) in [6, 6.07) is 5.80. The van der Waals surface area contributed by atoms with Crippen molar-refractivity contribution in [2.45, 2.75) is 49.7 Å². The Morgan fingerprint density at radius 2 is 2.08 bits per heavy atom. The molecule has 6 heteroatoms. The van der Waals surface area contributed by atoms with E-state index >= 15 is 0 Å². The number of piperidine rings is 1. The number of fused-ring (bicyclic) bond motifs is 1. The molecule has 25 heavy (non-hydrogen) atoms. The fourth-order valence-corrected chi connectivity index (χ4v) is 4.85. The molecule has 2 amide bonds. The third-order valence-corrected chi connectivity index (χ3v) is 6.46. The van der Waals surface area contributed by atoms with Crippen molar-refractivity contribution in [2.24, 2.45) is 5.92 Å². The molecule has 0 saturated carbocycles. The van der Waals surface area contributed by atoms with E-state index in [2.05, 4.69) is 6.92 Å². The van der Waals surface area contributed by atoms with E-state index in [0.29, 0.717) is 29.8 Å². The zero-order chi connectivity index (χ0) is 18.0. The minimum absolute atomic E-state index is 0.116. The zero-order valence-electron chi connectivity index (χ0n) is 14.8. The summed E-state index contributed by atoms with van der Waals surface area (Å²) < 4.78 is 0. The molecule has 0 spiro atoms. The molecule has 0 bridgehead atoms. The van der Waals surface area contributed by atoms with Crippen molar-refractivity contribution in [3.8, 4) is 0 Å². The number of anilines is 1. The molecule has 2 aliphatic rings. The maximum atomic E-state index is 13.3. The van der Waals surface area contributed by atoms with E-state index in [9.17, 15) is 9.59 Å². The number of thioether (sulfide) groups is 1. The summed E-state index contributed by atoms with van der Waals surface area (Å²) in [5, 5.41) is 1.11. The molecule has 0 aliphatic carbocycles. The van der Waals surface area contributed by atoms with Crippen molar-refractivity contribution in [3.63, 3.8) is 0 Å². The number of amides is 2. The van der Waals surface area contributed by atoms with E-state index in [4.69, 9.17) is 11.6 Å². The zero-order valence-corrected chi connectivity index (χ0v) is 16.4. The third-order valence-electron chi connectivity index (χ3n) is 4.99. The Labute approximate surface area is 158 Å². The highest BCUT2D eigenvalue weighted by atomic mass is 35.5. The SMILES string of the molecule is CCC(=O)N1CCCC(C(=O)N2CCC(C)Sc3ccc(Cl)cc32)C1. The van der Waals surface area contributed by atoms with E-state index in [0.717, 1.165) is 36.4 Å². The van der Waals surface area contributed by atoms with Gasteiger partial charge in [0.25, 0.3) is 0 Å². The number of carbonyl (C=O) groups excluding carboxylic acids is 2. The Balaban J connectivity index is 1.84. The smallest absolute Gasteiger partial charge is 0.231 e. The van der Waals surface area contributed by atoms with Crippen LogP contribution in [0.4, 0.5) is 5.69 Å². The molecule has 0 radical (unpaired) electrons. The van der Waals surface area contributed by atoms with Gasteiger partial charge < -0.3 is 9.80 Å². The lowest BCUT2D eigenvalue weighted by Gasteiger charge is -2.35. The fourth-order valence-electron chi connectivity index (χ4n) is 3.59. The monoisotopic (exact) mass is 380 g/mol. The second-order valence-electron chi connectivity index (χ2n) is 6.85. The standard InChI is InChI=1S/C19H25ClN2O2S/c1-3-18(23)21-9-4-5-14(12-21)19(24)22-10-8-13(2)25-17-7-6-15(20)11-16(17)22/h6-7,11,13-14H,3-5,8-10,12H2,1-2H3. The minimum atomic E-state index is -0.116. The van der Waals surface area contributed by atoms with Gasteiger partial charge in [0.05, 0.1) is 11.6 Å². The average Bonchev–Trinajstić information content (AvgIpc) is 2.78. The minimum Gasteiger partial charge on any atom is -0.342 e. The van der Waals surface area contributed by atoms with Gasteiger partial charge in [-0.3, -0.25) is 9.59 Å². The average molecular weight is 381 g/mol. The van der Waals surface area contributed by atoms with Gasteiger partial charge in [-0.15, -0.1) is 11.8 Å². The molecule has 2 unspecified atom stereocenters. The molecule has 2 heterocycles. The molecule has 136 valence electrons. The van der Waals surface area contributed by atoms with Crippen molar-refractivity contribution >= 4 is 40.9 Å². The van der Waals surface area contributed by atoms with Gasteiger partial charge in [-0.05, 0) is 37.5 Å². The van der Waals surface area contributed by atoms with Crippen LogP contribution in [-0.4, -0.2) is 41.6 Å². The predicted molar refractivity (Wildman–Crippen MR) is 103 cm³/mol. The van der Waals surface area contributed by atoms with Crippen molar-refractivity contribution in [3.05, 3.63) is 23.2 Å². The van der Waals surface area contributed by atoms with E-state index < -0.39 is 0 Å². The van der Waals surface area contributed by atoms with Gasteiger partial charge in [0.2, 0.25) is 11.8 Å². The molecule has 2 atom stereocenters. The topological polar surface area (TPSA) is 40.6 Å². The molecule has 0 N–H and O–H groups in total. The summed E-state index contributed by atoms with van der Waals surface area (Å²) in [5.41, 5.74) is 0.922. The first-order valence-electron chi connectivity index (χ1n) is 9.05. The van der Waals surface area contributed by atoms with E-state index in [1.54, 1.807) is 11.8 Å². The van der Waals surface area contributed by atoms with Crippen LogP contribution in [-0.2, 0) is 9.59 Å². The van der Waals surface area contributed by atoms with Crippen molar-refractivity contribution in [2.75, 3.05) is 24.5 Å². The lowest BCUT2D eigenvalue weighted by atomic mass is 9.95. The maximum Gasteiger partial charge on any atom is 0.231 e. The number of benzene rings is 1. The van der Waals surface area contributed by atoms with Gasteiger partial charge in [-0.1, -0.05) is 25.4 Å². The van der Waals surface area contributed by atoms with Gasteiger partial charge >= 0.3 is 0 Å². The van der Waals surface area contributed by atoms with Crippen LogP contribution in [0.1, 0.15) is 39.5 Å². The van der Waals surface area contributed by atoms with Crippen molar-refractivity contribution in [1.29, 1.82) is 0 Å². The van der Waals surface area contributed by atoms with Gasteiger partial charge in [0.1, 0.15) is 0 Å². The van der Waals surface area contributed by atoms with Crippen LogP contribution in [0, 0.1) is 5.92 Å². The molecule has 0 aromatic heterocycles. The van der Waals surface area contributed by atoms with Crippen LogP contribution in [0.3, 0.4) is 0 Å². The van der Waals surface area contributed by atoms with Crippen LogP contribution in [0.15, 0.2) is 23.1 Å². The molecule has 1 aromatic rings. The second-order valence-corrected chi connectivity index (χ2v) is 8.77. The van der Waals surface area contributed by atoms with Crippen LogP contribution in [0.25, 0.3) is 0 Å². The van der Waals surface area contributed by atoms with Crippen LogP contribution < -0.4 is 4.90 Å². The number of rotatable bonds is 2. The van der Waals surface area contributed by atoms with E-state index in [1.807, 2.05) is 34.9 Å². The quantitative estimate of drug-likeness (QED) is 0.771. The van der Waals surface area contributed by atoms with Crippen molar-refractivity contribution < 1.29 is 9.59 Å². The molecule has 1 fully saturated rings. The molecule has 1 aromatic carbocycles. The Kier molecular flexibility index (Phi) is 5.95. The highest BCUT2D eigenvalue weighted by Crippen LogP contribution is 2.40. The first-order valence-corrected chi connectivity index (χ1v) is 10.3. The van der Waals surface area contributed by atoms with Crippen LogP contribution in [0.5, 0.6) is 0 Å². The Morgan fingerprint density at radius 1 is 1.28 bits per heavy atom.